The van der Waals surface area contributed by atoms with Crippen LogP contribution in [0.2, 0.25) is 0 Å². The second kappa shape index (κ2) is 6.55. The SMILES string of the molecule is CCc1nc2c(s1)[C@H](N(C)C(=O)c1ccc(F)c(F)c1F)CCC2. The average Bonchev–Trinajstić information content (AvgIpc) is 3.02. The van der Waals surface area contributed by atoms with E-state index in [9.17, 15) is 18.0 Å². The van der Waals surface area contributed by atoms with Gasteiger partial charge in [-0.05, 0) is 37.8 Å². The van der Waals surface area contributed by atoms with Crippen molar-refractivity contribution in [2.75, 3.05) is 7.05 Å². The number of halogens is 3. The number of carbonyl (C=O) groups is 1. The van der Waals surface area contributed by atoms with Gasteiger partial charge in [0.1, 0.15) is 0 Å². The Balaban J connectivity index is 1.93. The Morgan fingerprint density at radius 1 is 1.33 bits per heavy atom. The molecule has 1 heterocycles. The number of hydrogen-bond acceptors (Lipinski definition) is 3. The zero-order valence-electron chi connectivity index (χ0n) is 13.4. The van der Waals surface area contributed by atoms with Crippen LogP contribution in [0.3, 0.4) is 0 Å². The molecule has 1 amide bonds. The standard InChI is InChI=1S/C17H17F3N2OS/c1-3-13-21-11-5-4-6-12(16(11)24-13)22(2)17(23)9-7-8-10(18)15(20)14(9)19/h7-8,12H,3-6H2,1-2H3/t12-/m1/s1. The summed E-state index contributed by atoms with van der Waals surface area (Å²) in [6, 6.07) is 1.54. The molecule has 0 saturated carbocycles. The molecule has 1 aromatic heterocycles. The Morgan fingerprint density at radius 3 is 2.79 bits per heavy atom. The van der Waals surface area contributed by atoms with Crippen LogP contribution >= 0.6 is 11.3 Å². The first-order chi connectivity index (χ1) is 11.4. The van der Waals surface area contributed by atoms with Crippen molar-refractivity contribution in [3.63, 3.8) is 0 Å². The highest BCUT2D eigenvalue weighted by Gasteiger charge is 2.32. The lowest BCUT2D eigenvalue weighted by molar-refractivity contribution is 0.0711. The van der Waals surface area contributed by atoms with Crippen LogP contribution < -0.4 is 0 Å². The topological polar surface area (TPSA) is 33.2 Å². The lowest BCUT2D eigenvalue weighted by Crippen LogP contribution is -2.33. The van der Waals surface area contributed by atoms with Crippen molar-refractivity contribution in [1.82, 2.24) is 9.88 Å². The van der Waals surface area contributed by atoms with Gasteiger partial charge in [-0.15, -0.1) is 11.3 Å². The molecule has 128 valence electrons. The maximum absolute atomic E-state index is 13.9. The van der Waals surface area contributed by atoms with Gasteiger partial charge in [0.15, 0.2) is 17.5 Å². The number of thiazole rings is 1. The first kappa shape index (κ1) is 17.0. The van der Waals surface area contributed by atoms with Gasteiger partial charge < -0.3 is 4.90 Å². The third-order valence-corrected chi connectivity index (χ3v) is 5.66. The van der Waals surface area contributed by atoms with Gasteiger partial charge in [-0.25, -0.2) is 18.2 Å². The van der Waals surface area contributed by atoms with E-state index in [-0.39, 0.29) is 6.04 Å². The largest absolute Gasteiger partial charge is 0.334 e. The molecule has 3 nitrogen and oxygen atoms in total. The van der Waals surface area contributed by atoms with Crippen LogP contribution in [0, 0.1) is 17.5 Å². The molecule has 0 spiro atoms. The third kappa shape index (κ3) is 2.81. The number of carbonyl (C=O) groups excluding carboxylic acids is 1. The third-order valence-electron chi connectivity index (χ3n) is 4.32. The van der Waals surface area contributed by atoms with Crippen LogP contribution in [-0.4, -0.2) is 22.8 Å². The van der Waals surface area contributed by atoms with Crippen molar-refractivity contribution < 1.29 is 18.0 Å². The summed E-state index contributed by atoms with van der Waals surface area (Å²) in [6.45, 7) is 2.02. The number of nitrogens with zero attached hydrogens (tertiary/aromatic N) is 2. The van der Waals surface area contributed by atoms with Crippen LogP contribution in [0.25, 0.3) is 0 Å². The molecule has 7 heteroatoms. The maximum atomic E-state index is 13.9. The summed E-state index contributed by atoms with van der Waals surface area (Å²) in [4.78, 5) is 19.6. The average molecular weight is 354 g/mol. The van der Waals surface area contributed by atoms with E-state index in [0.717, 1.165) is 53.4 Å². The predicted octanol–water partition coefficient (Wildman–Crippen LogP) is 4.27. The van der Waals surface area contributed by atoms with Crippen molar-refractivity contribution >= 4 is 17.2 Å². The van der Waals surface area contributed by atoms with E-state index < -0.39 is 28.9 Å². The van der Waals surface area contributed by atoms with Gasteiger partial charge in [0.05, 0.1) is 27.2 Å². The Labute approximate surface area is 142 Å². The van der Waals surface area contributed by atoms with Gasteiger partial charge in [-0.2, -0.15) is 0 Å². The van der Waals surface area contributed by atoms with Gasteiger partial charge in [0, 0.05) is 7.05 Å². The molecule has 1 aliphatic rings. The summed E-state index contributed by atoms with van der Waals surface area (Å²) in [5.41, 5.74) is 0.530. The Bertz CT molecular complexity index is 790. The summed E-state index contributed by atoms with van der Waals surface area (Å²) in [5, 5.41) is 1.01. The minimum absolute atomic E-state index is 0.216. The van der Waals surface area contributed by atoms with Crippen molar-refractivity contribution in [3.8, 4) is 0 Å². The molecule has 1 aromatic carbocycles. The lowest BCUT2D eigenvalue weighted by Gasteiger charge is -2.30. The molecule has 0 bridgehead atoms. The molecule has 1 aliphatic carbocycles. The molecule has 1 atom stereocenters. The second-order valence-electron chi connectivity index (χ2n) is 5.82. The van der Waals surface area contributed by atoms with Crippen LogP contribution in [0.4, 0.5) is 13.2 Å². The monoisotopic (exact) mass is 354 g/mol. The zero-order chi connectivity index (χ0) is 17.4. The quantitative estimate of drug-likeness (QED) is 0.771. The number of fused-ring (bicyclic) bond motifs is 1. The molecule has 0 radical (unpaired) electrons. The molecule has 24 heavy (non-hydrogen) atoms. The predicted molar refractivity (Wildman–Crippen MR) is 85.6 cm³/mol. The van der Waals surface area contributed by atoms with Gasteiger partial charge in [-0.3, -0.25) is 4.79 Å². The minimum Gasteiger partial charge on any atom is -0.334 e. The summed E-state index contributed by atoms with van der Waals surface area (Å²) in [7, 11) is 1.56. The van der Waals surface area contributed by atoms with Crippen LogP contribution in [0.1, 0.15) is 51.7 Å². The summed E-state index contributed by atoms with van der Waals surface area (Å²) < 4.78 is 40.4. The zero-order valence-corrected chi connectivity index (χ0v) is 14.2. The van der Waals surface area contributed by atoms with Crippen LogP contribution in [-0.2, 0) is 12.8 Å². The highest BCUT2D eigenvalue weighted by atomic mass is 32.1. The Kier molecular flexibility index (Phi) is 4.62. The number of rotatable bonds is 3. The lowest BCUT2D eigenvalue weighted by atomic mass is 9.96. The molecular formula is C17H17F3N2OS. The van der Waals surface area contributed by atoms with E-state index in [0.29, 0.717) is 0 Å². The number of aromatic nitrogens is 1. The maximum Gasteiger partial charge on any atom is 0.257 e. The van der Waals surface area contributed by atoms with Gasteiger partial charge >= 0.3 is 0 Å². The highest BCUT2D eigenvalue weighted by Crippen LogP contribution is 2.38. The molecule has 2 aromatic rings. The summed E-state index contributed by atoms with van der Waals surface area (Å²) in [5.74, 6) is -5.02. The van der Waals surface area contributed by atoms with Crippen molar-refractivity contribution in [1.29, 1.82) is 0 Å². The minimum atomic E-state index is -1.62. The summed E-state index contributed by atoms with van der Waals surface area (Å²) >= 11 is 1.56. The van der Waals surface area contributed by atoms with Crippen molar-refractivity contribution in [2.24, 2.45) is 0 Å². The fourth-order valence-electron chi connectivity index (χ4n) is 2.99. The van der Waals surface area contributed by atoms with Gasteiger partial charge in [0.2, 0.25) is 0 Å². The molecule has 0 fully saturated rings. The smallest absolute Gasteiger partial charge is 0.257 e. The second-order valence-corrected chi connectivity index (χ2v) is 6.93. The number of benzene rings is 1. The van der Waals surface area contributed by atoms with E-state index in [1.807, 2.05) is 6.92 Å². The number of amides is 1. The normalized spacial score (nSPS) is 16.8. The molecule has 3 rings (SSSR count). The summed E-state index contributed by atoms with van der Waals surface area (Å²) in [6.07, 6.45) is 3.30. The molecular weight excluding hydrogens is 337 g/mol. The fourth-order valence-corrected chi connectivity index (χ4v) is 4.22. The van der Waals surface area contributed by atoms with Crippen LogP contribution in [0.5, 0.6) is 0 Å². The first-order valence-electron chi connectivity index (χ1n) is 7.83. The molecule has 0 saturated heterocycles. The van der Waals surface area contributed by atoms with E-state index >= 15 is 0 Å². The number of hydrogen-bond donors (Lipinski definition) is 0. The molecule has 0 N–H and O–H groups in total. The highest BCUT2D eigenvalue weighted by molar-refractivity contribution is 7.11. The molecule has 0 aliphatic heterocycles. The van der Waals surface area contributed by atoms with Crippen molar-refractivity contribution in [2.45, 2.75) is 38.6 Å². The van der Waals surface area contributed by atoms with E-state index in [1.54, 1.807) is 18.4 Å². The van der Waals surface area contributed by atoms with E-state index in [2.05, 4.69) is 4.98 Å². The Morgan fingerprint density at radius 2 is 2.08 bits per heavy atom. The van der Waals surface area contributed by atoms with Gasteiger partial charge in [-0.1, -0.05) is 6.92 Å². The molecule has 0 unspecified atom stereocenters. The first-order valence-corrected chi connectivity index (χ1v) is 8.64. The van der Waals surface area contributed by atoms with Gasteiger partial charge in [0.25, 0.3) is 5.91 Å². The number of aryl methyl sites for hydroxylation is 2. The van der Waals surface area contributed by atoms with Crippen LogP contribution in [0.15, 0.2) is 12.1 Å². The van der Waals surface area contributed by atoms with E-state index in [4.69, 9.17) is 0 Å². The Hall–Kier alpha value is -1.89. The fraction of sp³-hybridized carbons (Fsp3) is 0.412. The van der Waals surface area contributed by atoms with E-state index in [1.165, 1.54) is 4.90 Å². The van der Waals surface area contributed by atoms with Crippen molar-refractivity contribution in [3.05, 3.63) is 50.7 Å².